The van der Waals surface area contributed by atoms with Crippen LogP contribution in [-0.4, -0.2) is 23.8 Å². The van der Waals surface area contributed by atoms with Crippen molar-refractivity contribution in [2.75, 3.05) is 18.2 Å². The topological polar surface area (TPSA) is 50.7 Å². The van der Waals surface area contributed by atoms with Gasteiger partial charge in [-0.05, 0) is 35.9 Å². The van der Waals surface area contributed by atoms with Gasteiger partial charge in [0.25, 0.3) is 0 Å². The Morgan fingerprint density at radius 2 is 2.00 bits per heavy atom. The number of amides is 1. The van der Waals surface area contributed by atoms with Crippen molar-refractivity contribution in [3.05, 3.63) is 54.1 Å². The first-order chi connectivity index (χ1) is 10.7. The maximum atomic E-state index is 12.0. The summed E-state index contributed by atoms with van der Waals surface area (Å²) in [6, 6.07) is 15.4. The lowest BCUT2D eigenvalue weighted by Crippen LogP contribution is -2.15. The summed E-state index contributed by atoms with van der Waals surface area (Å²) >= 11 is 1.49. The molecule has 1 heterocycles. The molecular formula is C17H16N2O2S. The van der Waals surface area contributed by atoms with Crippen LogP contribution in [0.15, 0.2) is 53.5 Å². The number of benzene rings is 2. The zero-order chi connectivity index (χ0) is 15.4. The average molecular weight is 312 g/mol. The van der Waals surface area contributed by atoms with E-state index in [-0.39, 0.29) is 5.91 Å². The first kappa shape index (κ1) is 14.7. The molecule has 0 radical (unpaired) electrons. The Bertz CT molecular complexity index is 711. The van der Waals surface area contributed by atoms with Gasteiger partial charge in [-0.2, -0.15) is 0 Å². The average Bonchev–Trinajstić information content (AvgIpc) is 2.96. The van der Waals surface area contributed by atoms with Crippen molar-refractivity contribution in [3.63, 3.8) is 0 Å². The summed E-state index contributed by atoms with van der Waals surface area (Å²) in [6.07, 6.45) is 0.816. The van der Waals surface area contributed by atoms with E-state index in [1.807, 2.05) is 42.5 Å². The number of ether oxygens (including phenoxy) is 1. The van der Waals surface area contributed by atoms with Crippen molar-refractivity contribution in [3.8, 4) is 5.75 Å². The van der Waals surface area contributed by atoms with Gasteiger partial charge < -0.3 is 10.1 Å². The maximum absolute atomic E-state index is 12.0. The van der Waals surface area contributed by atoms with Gasteiger partial charge in [0.2, 0.25) is 5.91 Å². The number of carbonyl (C=O) groups excluding carboxylic acids is 1. The second-order valence-corrected chi connectivity index (χ2v) is 5.92. The van der Waals surface area contributed by atoms with Crippen molar-refractivity contribution < 1.29 is 9.53 Å². The second kappa shape index (κ2) is 6.66. The number of aliphatic imine (C=N–C) groups is 1. The zero-order valence-electron chi connectivity index (χ0n) is 12.2. The van der Waals surface area contributed by atoms with Crippen LogP contribution in [0.5, 0.6) is 5.75 Å². The van der Waals surface area contributed by atoms with E-state index in [2.05, 4.69) is 16.4 Å². The van der Waals surface area contributed by atoms with Gasteiger partial charge >= 0.3 is 0 Å². The van der Waals surface area contributed by atoms with Crippen LogP contribution in [0.1, 0.15) is 5.56 Å². The lowest BCUT2D eigenvalue weighted by atomic mass is 10.2. The molecule has 112 valence electrons. The standard InChI is InChI=1S/C17H16N2O2S/c1-21-14-8-6-13(7-9-14)18-16(20)11-22-17-10-12-4-2-3-5-15(12)19-17/h2-9H,10-11H2,1H3,(H,18,20). The Kier molecular flexibility index (Phi) is 4.44. The minimum absolute atomic E-state index is 0.0335. The molecule has 0 aromatic heterocycles. The lowest BCUT2D eigenvalue weighted by molar-refractivity contribution is -0.113. The number of hydrogen-bond acceptors (Lipinski definition) is 4. The van der Waals surface area contributed by atoms with E-state index < -0.39 is 0 Å². The van der Waals surface area contributed by atoms with Crippen molar-refractivity contribution in [1.82, 2.24) is 0 Å². The largest absolute Gasteiger partial charge is 0.497 e. The van der Waals surface area contributed by atoms with E-state index >= 15 is 0 Å². The predicted molar refractivity (Wildman–Crippen MR) is 91.3 cm³/mol. The van der Waals surface area contributed by atoms with E-state index in [9.17, 15) is 4.79 Å². The molecule has 2 aromatic carbocycles. The molecule has 1 N–H and O–H groups in total. The molecule has 0 saturated heterocycles. The second-order valence-electron chi connectivity index (χ2n) is 4.88. The number of fused-ring (bicyclic) bond motifs is 1. The third-order valence-electron chi connectivity index (χ3n) is 3.32. The lowest BCUT2D eigenvalue weighted by Gasteiger charge is -2.06. The van der Waals surface area contributed by atoms with E-state index in [0.29, 0.717) is 5.75 Å². The highest BCUT2D eigenvalue weighted by molar-refractivity contribution is 8.14. The summed E-state index contributed by atoms with van der Waals surface area (Å²) in [5, 5.41) is 3.86. The normalized spacial score (nSPS) is 12.5. The molecule has 3 rings (SSSR count). The number of nitrogens with one attached hydrogen (secondary N) is 1. The number of anilines is 1. The number of para-hydroxylation sites is 1. The third kappa shape index (κ3) is 3.49. The summed E-state index contributed by atoms with van der Waals surface area (Å²) in [4.78, 5) is 16.5. The number of carbonyl (C=O) groups is 1. The van der Waals surface area contributed by atoms with Crippen molar-refractivity contribution in [2.45, 2.75) is 6.42 Å². The number of hydrogen-bond donors (Lipinski definition) is 1. The van der Waals surface area contributed by atoms with Crippen LogP contribution < -0.4 is 10.1 Å². The van der Waals surface area contributed by atoms with E-state index in [0.717, 1.165) is 28.6 Å². The van der Waals surface area contributed by atoms with Gasteiger partial charge in [-0.1, -0.05) is 18.2 Å². The molecule has 1 aliphatic heterocycles. The third-order valence-corrected chi connectivity index (χ3v) is 4.30. The van der Waals surface area contributed by atoms with Gasteiger partial charge in [0.05, 0.1) is 23.6 Å². The number of thioether (sulfide) groups is 1. The first-order valence-electron chi connectivity index (χ1n) is 6.97. The molecule has 0 saturated carbocycles. The maximum Gasteiger partial charge on any atom is 0.234 e. The molecule has 0 aliphatic carbocycles. The van der Waals surface area contributed by atoms with Crippen LogP contribution in [0.4, 0.5) is 11.4 Å². The smallest absolute Gasteiger partial charge is 0.234 e. The SMILES string of the molecule is COc1ccc(NC(=O)CSC2=Nc3ccccc3C2)cc1. The highest BCUT2D eigenvalue weighted by Crippen LogP contribution is 2.29. The molecule has 5 heteroatoms. The highest BCUT2D eigenvalue weighted by atomic mass is 32.2. The highest BCUT2D eigenvalue weighted by Gasteiger charge is 2.15. The minimum atomic E-state index is -0.0335. The van der Waals surface area contributed by atoms with Crippen LogP contribution in [0, 0.1) is 0 Å². The fraction of sp³-hybridized carbons (Fsp3) is 0.176. The van der Waals surface area contributed by atoms with Gasteiger partial charge in [0.1, 0.15) is 5.75 Å². The molecule has 0 fully saturated rings. The Hall–Kier alpha value is -2.27. The Morgan fingerprint density at radius 1 is 1.23 bits per heavy atom. The summed E-state index contributed by atoms with van der Waals surface area (Å²) in [6.45, 7) is 0. The van der Waals surface area contributed by atoms with Gasteiger partial charge in [-0.25, -0.2) is 4.99 Å². The molecule has 22 heavy (non-hydrogen) atoms. The van der Waals surface area contributed by atoms with Crippen LogP contribution >= 0.6 is 11.8 Å². The molecule has 0 unspecified atom stereocenters. The van der Waals surface area contributed by atoms with Crippen LogP contribution in [-0.2, 0) is 11.2 Å². The molecule has 0 bridgehead atoms. The number of rotatable bonds is 4. The quantitative estimate of drug-likeness (QED) is 0.937. The Balaban J connectivity index is 1.51. The summed E-state index contributed by atoms with van der Waals surface area (Å²) in [7, 11) is 1.62. The van der Waals surface area contributed by atoms with E-state index in [1.165, 1.54) is 17.3 Å². The van der Waals surface area contributed by atoms with Gasteiger partial charge in [0.15, 0.2) is 0 Å². The molecule has 2 aromatic rings. The Labute approximate surface area is 133 Å². The summed E-state index contributed by atoms with van der Waals surface area (Å²) in [5.74, 6) is 1.10. The van der Waals surface area contributed by atoms with Crippen molar-refractivity contribution >= 4 is 34.1 Å². The molecule has 1 aliphatic rings. The van der Waals surface area contributed by atoms with Crippen LogP contribution in [0.2, 0.25) is 0 Å². The van der Waals surface area contributed by atoms with Crippen LogP contribution in [0.3, 0.4) is 0 Å². The number of methoxy groups -OCH3 is 1. The zero-order valence-corrected chi connectivity index (χ0v) is 13.0. The Morgan fingerprint density at radius 3 is 2.73 bits per heavy atom. The van der Waals surface area contributed by atoms with Gasteiger partial charge in [-0.3, -0.25) is 4.79 Å². The van der Waals surface area contributed by atoms with Gasteiger partial charge in [0, 0.05) is 12.1 Å². The van der Waals surface area contributed by atoms with Crippen molar-refractivity contribution in [1.29, 1.82) is 0 Å². The first-order valence-corrected chi connectivity index (χ1v) is 7.95. The van der Waals surface area contributed by atoms with E-state index in [1.54, 1.807) is 7.11 Å². The molecule has 1 amide bonds. The number of nitrogens with zero attached hydrogens (tertiary/aromatic N) is 1. The molecular weight excluding hydrogens is 296 g/mol. The summed E-state index contributed by atoms with van der Waals surface area (Å²) in [5.41, 5.74) is 3.00. The van der Waals surface area contributed by atoms with Crippen molar-refractivity contribution in [2.24, 2.45) is 4.99 Å². The predicted octanol–water partition coefficient (Wildman–Crippen LogP) is 3.65. The van der Waals surface area contributed by atoms with E-state index in [4.69, 9.17) is 4.74 Å². The van der Waals surface area contributed by atoms with Crippen LogP contribution in [0.25, 0.3) is 0 Å². The molecule has 4 nitrogen and oxygen atoms in total. The van der Waals surface area contributed by atoms with Gasteiger partial charge in [-0.15, -0.1) is 11.8 Å². The molecule has 0 spiro atoms. The fourth-order valence-electron chi connectivity index (χ4n) is 2.21. The fourth-order valence-corrected chi connectivity index (χ4v) is 3.00. The monoisotopic (exact) mass is 312 g/mol. The minimum Gasteiger partial charge on any atom is -0.497 e. The molecule has 0 atom stereocenters. The summed E-state index contributed by atoms with van der Waals surface area (Å²) < 4.78 is 5.09.